The number of amides is 2. The van der Waals surface area contributed by atoms with Crippen LogP contribution >= 0.6 is 0 Å². The van der Waals surface area contributed by atoms with E-state index in [9.17, 15) is 14.4 Å². The summed E-state index contributed by atoms with van der Waals surface area (Å²) < 4.78 is 4.83. The molecule has 0 aromatic heterocycles. The third-order valence-corrected chi connectivity index (χ3v) is 7.81. The molecule has 1 aliphatic carbocycles. The number of hydrogen-bond donors (Lipinski definition) is 0. The molecule has 178 valence electrons. The van der Waals surface area contributed by atoms with Gasteiger partial charge in [0.1, 0.15) is 0 Å². The molecular weight excluding hydrogens is 430 g/mol. The Morgan fingerprint density at radius 2 is 1.41 bits per heavy atom. The lowest BCUT2D eigenvalue weighted by Gasteiger charge is -2.37. The van der Waals surface area contributed by atoms with Crippen molar-refractivity contribution in [2.45, 2.75) is 19.3 Å². The van der Waals surface area contributed by atoms with E-state index in [1.54, 1.807) is 24.3 Å². The van der Waals surface area contributed by atoms with E-state index in [4.69, 9.17) is 4.74 Å². The maximum atomic E-state index is 13.2. The number of piperidine rings is 1. The number of carbonyl (C=O) groups excluding carboxylic acids is 3. The normalized spacial score (nSPS) is 21.3. The Morgan fingerprint density at radius 1 is 0.794 bits per heavy atom. The topological polar surface area (TPSA) is 70.2 Å². The maximum Gasteiger partial charge on any atom is 0.338 e. The van der Waals surface area contributed by atoms with E-state index in [-0.39, 0.29) is 23.1 Å². The van der Waals surface area contributed by atoms with Crippen LogP contribution in [0.5, 0.6) is 0 Å². The number of hydrogen-bond acceptors (Lipinski definition) is 5. The molecule has 2 heterocycles. The Hall–Kier alpha value is -3.35. The molecule has 1 atom stereocenters. The van der Waals surface area contributed by atoms with Crippen molar-refractivity contribution in [3.63, 3.8) is 0 Å². The Labute approximate surface area is 200 Å². The Bertz CT molecular complexity index is 1070. The molecule has 1 saturated carbocycles. The number of methoxy groups -OCH3 is 1. The molecule has 2 saturated heterocycles. The molecule has 5 rings (SSSR count). The third kappa shape index (κ3) is 4.15. The zero-order valence-corrected chi connectivity index (χ0v) is 19.6. The monoisotopic (exact) mass is 461 g/mol. The van der Waals surface area contributed by atoms with E-state index in [2.05, 4.69) is 17.0 Å². The van der Waals surface area contributed by atoms with Gasteiger partial charge in [-0.2, -0.15) is 0 Å². The third-order valence-electron chi connectivity index (χ3n) is 7.81. The van der Waals surface area contributed by atoms with Gasteiger partial charge in [0.15, 0.2) is 0 Å². The number of anilines is 1. The summed E-state index contributed by atoms with van der Waals surface area (Å²) in [6.07, 6.45) is 2.59. The van der Waals surface area contributed by atoms with Crippen molar-refractivity contribution in [3.8, 4) is 0 Å². The van der Waals surface area contributed by atoms with Gasteiger partial charge in [0.2, 0.25) is 5.91 Å². The van der Waals surface area contributed by atoms with E-state index < -0.39 is 5.97 Å². The second-order valence-corrected chi connectivity index (χ2v) is 9.60. The highest BCUT2D eigenvalue weighted by Gasteiger charge is 2.59. The molecule has 7 heteroatoms. The van der Waals surface area contributed by atoms with Gasteiger partial charge in [-0.05, 0) is 48.9 Å². The molecular formula is C27H31N3O4. The van der Waals surface area contributed by atoms with Gasteiger partial charge in [-0.15, -0.1) is 0 Å². The fourth-order valence-corrected chi connectivity index (χ4v) is 5.58. The molecule has 1 spiro atoms. The molecule has 7 nitrogen and oxygen atoms in total. The summed E-state index contributed by atoms with van der Waals surface area (Å²) in [5, 5.41) is 0. The standard InChI is InChI=1S/C27H31N3O4/c1-34-26(33)22-10-6-5-9-21(22)24(31)29-13-11-27(12-14-29)19-23(27)25(32)30-17-15-28(16-18-30)20-7-3-2-4-8-20/h2-10,23H,11-19H2,1H3/t23-/m0/s1. The summed E-state index contributed by atoms with van der Waals surface area (Å²) in [5.74, 6) is -0.284. The minimum atomic E-state index is -0.502. The van der Waals surface area contributed by atoms with Gasteiger partial charge in [-0.3, -0.25) is 9.59 Å². The number of ether oxygens (including phenoxy) is 1. The van der Waals surface area contributed by atoms with E-state index in [1.165, 1.54) is 12.8 Å². The lowest BCUT2D eigenvalue weighted by atomic mass is 9.90. The van der Waals surface area contributed by atoms with Crippen LogP contribution < -0.4 is 4.90 Å². The van der Waals surface area contributed by atoms with Crippen molar-refractivity contribution >= 4 is 23.5 Å². The zero-order valence-electron chi connectivity index (χ0n) is 19.6. The van der Waals surface area contributed by atoms with Gasteiger partial charge in [-0.25, -0.2) is 4.79 Å². The number of likely N-dealkylation sites (tertiary alicyclic amines) is 1. The number of piperazine rings is 1. The van der Waals surface area contributed by atoms with Crippen molar-refractivity contribution < 1.29 is 19.1 Å². The van der Waals surface area contributed by atoms with Crippen LogP contribution in [-0.2, 0) is 9.53 Å². The largest absolute Gasteiger partial charge is 0.465 e. The molecule has 3 aliphatic rings. The fraction of sp³-hybridized carbons (Fsp3) is 0.444. The summed E-state index contributed by atoms with van der Waals surface area (Å²) in [7, 11) is 1.32. The zero-order chi connectivity index (χ0) is 23.7. The van der Waals surface area contributed by atoms with Crippen molar-refractivity contribution in [2.75, 3.05) is 51.3 Å². The minimum Gasteiger partial charge on any atom is -0.465 e. The van der Waals surface area contributed by atoms with Crippen LogP contribution in [0, 0.1) is 11.3 Å². The van der Waals surface area contributed by atoms with Crippen molar-refractivity contribution in [1.82, 2.24) is 9.80 Å². The van der Waals surface area contributed by atoms with Crippen LogP contribution in [0.4, 0.5) is 5.69 Å². The maximum absolute atomic E-state index is 13.2. The summed E-state index contributed by atoms with van der Waals surface area (Å²) in [4.78, 5) is 44.6. The predicted molar refractivity (Wildman–Crippen MR) is 129 cm³/mol. The van der Waals surface area contributed by atoms with Gasteiger partial charge in [0.05, 0.1) is 18.2 Å². The molecule has 0 bridgehead atoms. The molecule has 3 fully saturated rings. The second-order valence-electron chi connectivity index (χ2n) is 9.60. The molecule has 0 radical (unpaired) electrons. The van der Waals surface area contributed by atoms with Crippen molar-refractivity contribution in [3.05, 3.63) is 65.7 Å². The minimum absolute atomic E-state index is 0.0340. The van der Waals surface area contributed by atoms with Gasteiger partial charge >= 0.3 is 5.97 Å². The first kappa shape index (κ1) is 22.4. The number of carbonyl (C=O) groups is 3. The highest BCUT2D eigenvalue weighted by Crippen LogP contribution is 2.60. The quantitative estimate of drug-likeness (QED) is 0.655. The Balaban J connectivity index is 1.15. The summed E-state index contributed by atoms with van der Waals surface area (Å²) in [6, 6.07) is 17.1. The predicted octanol–water partition coefficient (Wildman–Crippen LogP) is 3.06. The van der Waals surface area contributed by atoms with Crippen LogP contribution in [-0.4, -0.2) is 74.0 Å². The van der Waals surface area contributed by atoms with Crippen LogP contribution in [0.1, 0.15) is 40.0 Å². The van der Waals surface area contributed by atoms with Crippen LogP contribution in [0.3, 0.4) is 0 Å². The van der Waals surface area contributed by atoms with Gasteiger partial charge < -0.3 is 19.4 Å². The van der Waals surface area contributed by atoms with Crippen LogP contribution in [0.25, 0.3) is 0 Å². The lowest BCUT2D eigenvalue weighted by Crippen LogP contribution is -2.50. The summed E-state index contributed by atoms with van der Waals surface area (Å²) in [6.45, 7) is 4.46. The van der Waals surface area contributed by atoms with Gasteiger partial charge in [0, 0.05) is 50.9 Å². The smallest absolute Gasteiger partial charge is 0.338 e. The molecule has 2 aliphatic heterocycles. The molecule has 2 aromatic rings. The van der Waals surface area contributed by atoms with E-state index >= 15 is 0 Å². The van der Waals surface area contributed by atoms with Crippen molar-refractivity contribution in [1.29, 1.82) is 0 Å². The van der Waals surface area contributed by atoms with E-state index in [0.29, 0.717) is 24.2 Å². The molecule has 0 unspecified atom stereocenters. The average Bonchev–Trinajstić information content (AvgIpc) is 3.61. The summed E-state index contributed by atoms with van der Waals surface area (Å²) in [5.41, 5.74) is 1.92. The SMILES string of the molecule is COC(=O)c1ccccc1C(=O)N1CCC2(CC1)C[C@H]2C(=O)N1CCN(c2ccccc2)CC1. The molecule has 2 amide bonds. The first-order valence-corrected chi connectivity index (χ1v) is 12.1. The van der Waals surface area contributed by atoms with Gasteiger partial charge in [0.25, 0.3) is 5.91 Å². The molecule has 0 N–H and O–H groups in total. The number of benzene rings is 2. The number of para-hydroxylation sites is 1. The van der Waals surface area contributed by atoms with E-state index in [0.717, 1.165) is 45.4 Å². The Kier molecular flexibility index (Phi) is 6.02. The second kappa shape index (κ2) is 9.12. The fourth-order valence-electron chi connectivity index (χ4n) is 5.58. The number of esters is 1. The lowest BCUT2D eigenvalue weighted by molar-refractivity contribution is -0.134. The molecule has 34 heavy (non-hydrogen) atoms. The van der Waals surface area contributed by atoms with Gasteiger partial charge in [-0.1, -0.05) is 30.3 Å². The van der Waals surface area contributed by atoms with E-state index in [1.807, 2.05) is 28.0 Å². The summed E-state index contributed by atoms with van der Waals surface area (Å²) >= 11 is 0. The molecule has 2 aromatic carbocycles. The first-order valence-electron chi connectivity index (χ1n) is 12.1. The number of nitrogens with zero attached hydrogens (tertiary/aromatic N) is 3. The average molecular weight is 462 g/mol. The van der Waals surface area contributed by atoms with Crippen LogP contribution in [0.15, 0.2) is 54.6 Å². The van der Waals surface area contributed by atoms with Crippen LogP contribution in [0.2, 0.25) is 0 Å². The first-order chi connectivity index (χ1) is 16.5. The highest BCUT2D eigenvalue weighted by molar-refractivity contribution is 6.05. The van der Waals surface area contributed by atoms with Crippen molar-refractivity contribution in [2.24, 2.45) is 11.3 Å². The number of rotatable bonds is 4. The highest BCUT2D eigenvalue weighted by atomic mass is 16.5. The Morgan fingerprint density at radius 3 is 2.06 bits per heavy atom.